The number of rotatable bonds is 4. The lowest BCUT2D eigenvalue weighted by Crippen LogP contribution is -2.02. The third-order valence-electron chi connectivity index (χ3n) is 3.36. The molecule has 106 valence electrons. The van der Waals surface area contributed by atoms with E-state index >= 15 is 0 Å². The predicted octanol–water partition coefficient (Wildman–Crippen LogP) is 3.58. The Morgan fingerprint density at radius 3 is 2.55 bits per heavy atom. The molecule has 0 atom stereocenters. The van der Waals surface area contributed by atoms with Gasteiger partial charge in [-0.3, -0.25) is 0 Å². The first-order valence-corrected chi connectivity index (χ1v) is 6.69. The zero-order valence-electron chi connectivity index (χ0n) is 11.7. The number of phenolic OH excluding ortho intramolecular Hbond substituents is 2. The molecule has 0 spiro atoms. The summed E-state index contributed by atoms with van der Waals surface area (Å²) in [7, 11) is 0. The standard InChI is InChI=1S/C16H18O4/c1-4-6-10-7-13(19)20-16-14(9(3)5-2)11(17)8-12(18)15(10)16/h7-8,17-18H,3-6H2,1-2H3. The minimum atomic E-state index is -0.490. The molecule has 0 aliphatic rings. The zero-order valence-corrected chi connectivity index (χ0v) is 11.7. The Balaban J connectivity index is 2.95. The number of phenols is 2. The van der Waals surface area contributed by atoms with Crippen molar-refractivity contribution in [2.24, 2.45) is 0 Å². The highest BCUT2D eigenvalue weighted by Crippen LogP contribution is 2.39. The van der Waals surface area contributed by atoms with Crippen LogP contribution in [0.1, 0.15) is 37.8 Å². The first-order chi connectivity index (χ1) is 9.49. The Morgan fingerprint density at radius 2 is 1.95 bits per heavy atom. The summed E-state index contributed by atoms with van der Waals surface area (Å²) in [6, 6.07) is 2.67. The highest BCUT2D eigenvalue weighted by atomic mass is 16.4. The molecule has 4 heteroatoms. The Kier molecular flexibility index (Phi) is 3.84. The molecule has 0 bridgehead atoms. The van der Waals surface area contributed by atoms with Crippen LogP contribution >= 0.6 is 0 Å². The van der Waals surface area contributed by atoms with Gasteiger partial charge in [0.2, 0.25) is 0 Å². The minimum Gasteiger partial charge on any atom is -0.507 e. The van der Waals surface area contributed by atoms with Gasteiger partial charge >= 0.3 is 5.63 Å². The monoisotopic (exact) mass is 274 g/mol. The molecule has 0 saturated heterocycles. The van der Waals surface area contributed by atoms with E-state index in [4.69, 9.17) is 4.42 Å². The van der Waals surface area contributed by atoms with Crippen molar-refractivity contribution in [3.8, 4) is 11.5 Å². The van der Waals surface area contributed by atoms with Gasteiger partial charge in [0, 0.05) is 12.1 Å². The molecular weight excluding hydrogens is 256 g/mol. The SMILES string of the molecule is C=C(CC)c1c(O)cc(O)c2c(CCC)cc(=O)oc12. The van der Waals surface area contributed by atoms with E-state index in [2.05, 4.69) is 6.58 Å². The van der Waals surface area contributed by atoms with Gasteiger partial charge in [-0.05, 0) is 24.0 Å². The number of allylic oxidation sites excluding steroid dienone is 1. The predicted molar refractivity (Wildman–Crippen MR) is 79.1 cm³/mol. The first kappa shape index (κ1) is 14.2. The van der Waals surface area contributed by atoms with Crippen molar-refractivity contribution < 1.29 is 14.6 Å². The number of benzene rings is 1. The molecule has 0 radical (unpaired) electrons. The van der Waals surface area contributed by atoms with E-state index in [1.807, 2.05) is 13.8 Å². The van der Waals surface area contributed by atoms with Crippen molar-refractivity contribution in [3.63, 3.8) is 0 Å². The van der Waals surface area contributed by atoms with E-state index in [1.165, 1.54) is 12.1 Å². The molecule has 0 amide bonds. The van der Waals surface area contributed by atoms with Gasteiger partial charge in [0.15, 0.2) is 5.58 Å². The summed E-state index contributed by atoms with van der Waals surface area (Å²) in [6.07, 6.45) is 2.09. The summed E-state index contributed by atoms with van der Waals surface area (Å²) in [5.41, 5.74) is 1.50. The van der Waals surface area contributed by atoms with Gasteiger partial charge in [-0.15, -0.1) is 0 Å². The Hall–Kier alpha value is -2.23. The number of fused-ring (bicyclic) bond motifs is 1. The topological polar surface area (TPSA) is 70.7 Å². The van der Waals surface area contributed by atoms with Crippen LogP contribution < -0.4 is 5.63 Å². The fourth-order valence-electron chi connectivity index (χ4n) is 2.37. The van der Waals surface area contributed by atoms with E-state index < -0.39 is 5.63 Å². The third-order valence-corrected chi connectivity index (χ3v) is 3.36. The lowest BCUT2D eigenvalue weighted by atomic mass is 9.97. The maximum Gasteiger partial charge on any atom is 0.336 e. The number of aromatic hydroxyl groups is 2. The van der Waals surface area contributed by atoms with Gasteiger partial charge in [-0.2, -0.15) is 0 Å². The van der Waals surface area contributed by atoms with Crippen LogP contribution in [0.25, 0.3) is 16.5 Å². The molecule has 4 nitrogen and oxygen atoms in total. The van der Waals surface area contributed by atoms with Crippen molar-refractivity contribution in [2.75, 3.05) is 0 Å². The van der Waals surface area contributed by atoms with Crippen LogP contribution in [0.15, 0.2) is 27.9 Å². The minimum absolute atomic E-state index is 0.0858. The van der Waals surface area contributed by atoms with Crippen LogP contribution in [-0.2, 0) is 6.42 Å². The van der Waals surface area contributed by atoms with Gasteiger partial charge < -0.3 is 14.6 Å². The fourth-order valence-corrected chi connectivity index (χ4v) is 2.37. The summed E-state index contributed by atoms with van der Waals surface area (Å²) < 4.78 is 5.23. The molecule has 1 heterocycles. The highest BCUT2D eigenvalue weighted by molar-refractivity contribution is 5.97. The van der Waals surface area contributed by atoms with Crippen LogP contribution in [0.5, 0.6) is 11.5 Å². The summed E-state index contributed by atoms with van der Waals surface area (Å²) in [4.78, 5) is 11.7. The van der Waals surface area contributed by atoms with Crippen LogP contribution in [0.3, 0.4) is 0 Å². The lowest BCUT2D eigenvalue weighted by molar-refractivity contribution is 0.449. The average Bonchev–Trinajstić information content (AvgIpc) is 2.37. The quantitative estimate of drug-likeness (QED) is 0.836. The molecule has 2 N–H and O–H groups in total. The molecule has 1 aromatic heterocycles. The van der Waals surface area contributed by atoms with Crippen LogP contribution in [0.2, 0.25) is 0 Å². The molecule has 20 heavy (non-hydrogen) atoms. The number of aryl methyl sites for hydroxylation is 1. The highest BCUT2D eigenvalue weighted by Gasteiger charge is 2.18. The van der Waals surface area contributed by atoms with Crippen molar-refractivity contribution in [3.05, 3.63) is 40.3 Å². The normalized spacial score (nSPS) is 10.9. The van der Waals surface area contributed by atoms with E-state index in [0.29, 0.717) is 29.4 Å². The summed E-state index contributed by atoms with van der Waals surface area (Å²) in [6.45, 7) is 7.77. The van der Waals surface area contributed by atoms with Gasteiger partial charge in [0.1, 0.15) is 11.5 Å². The molecule has 0 aliphatic heterocycles. The van der Waals surface area contributed by atoms with E-state index in [9.17, 15) is 15.0 Å². The molecule has 1 aromatic carbocycles. The van der Waals surface area contributed by atoms with Crippen molar-refractivity contribution in [1.29, 1.82) is 0 Å². The second-order valence-corrected chi connectivity index (χ2v) is 4.79. The average molecular weight is 274 g/mol. The van der Waals surface area contributed by atoms with E-state index in [1.54, 1.807) is 0 Å². The number of hydrogen-bond acceptors (Lipinski definition) is 4. The number of hydrogen-bond donors (Lipinski definition) is 2. The zero-order chi connectivity index (χ0) is 14.9. The maximum absolute atomic E-state index is 11.7. The van der Waals surface area contributed by atoms with Crippen LogP contribution in [0, 0.1) is 0 Å². The van der Waals surface area contributed by atoms with Crippen molar-refractivity contribution >= 4 is 16.5 Å². The maximum atomic E-state index is 11.7. The van der Waals surface area contributed by atoms with Gasteiger partial charge in [0.05, 0.1) is 10.9 Å². The Bertz CT molecular complexity index is 725. The second-order valence-electron chi connectivity index (χ2n) is 4.79. The van der Waals surface area contributed by atoms with Crippen LogP contribution in [0.4, 0.5) is 0 Å². The lowest BCUT2D eigenvalue weighted by Gasteiger charge is -2.13. The molecule has 0 fully saturated rings. The fraction of sp³-hybridized carbons (Fsp3) is 0.312. The van der Waals surface area contributed by atoms with E-state index in [-0.39, 0.29) is 17.1 Å². The smallest absolute Gasteiger partial charge is 0.336 e. The Morgan fingerprint density at radius 1 is 1.25 bits per heavy atom. The third kappa shape index (κ3) is 2.29. The first-order valence-electron chi connectivity index (χ1n) is 6.69. The molecular formula is C16H18O4. The van der Waals surface area contributed by atoms with E-state index in [0.717, 1.165) is 12.0 Å². The summed E-state index contributed by atoms with van der Waals surface area (Å²) >= 11 is 0. The summed E-state index contributed by atoms with van der Waals surface area (Å²) in [5, 5.41) is 20.6. The Labute approximate surface area is 117 Å². The summed E-state index contributed by atoms with van der Waals surface area (Å²) in [5.74, 6) is -0.212. The molecule has 0 aliphatic carbocycles. The van der Waals surface area contributed by atoms with Crippen molar-refractivity contribution in [1.82, 2.24) is 0 Å². The molecule has 2 rings (SSSR count). The molecule has 0 unspecified atom stereocenters. The second kappa shape index (κ2) is 5.41. The molecule has 2 aromatic rings. The van der Waals surface area contributed by atoms with Gasteiger partial charge in [0.25, 0.3) is 0 Å². The molecule has 0 saturated carbocycles. The van der Waals surface area contributed by atoms with Gasteiger partial charge in [-0.1, -0.05) is 26.8 Å². The van der Waals surface area contributed by atoms with Gasteiger partial charge in [-0.25, -0.2) is 4.79 Å². The van der Waals surface area contributed by atoms with Crippen LogP contribution in [-0.4, -0.2) is 10.2 Å². The largest absolute Gasteiger partial charge is 0.507 e. The van der Waals surface area contributed by atoms with Crippen molar-refractivity contribution in [2.45, 2.75) is 33.1 Å².